The Morgan fingerprint density at radius 1 is 1.38 bits per heavy atom. The van der Waals surface area contributed by atoms with Gasteiger partial charge < -0.3 is 5.32 Å². The number of halogens is 1. The van der Waals surface area contributed by atoms with Gasteiger partial charge in [0.15, 0.2) is 0 Å². The van der Waals surface area contributed by atoms with Crippen LogP contribution in [0, 0.1) is 18.7 Å². The summed E-state index contributed by atoms with van der Waals surface area (Å²) in [5, 5.41) is 3.29. The first-order valence-electron chi connectivity index (χ1n) is 6.00. The predicted molar refractivity (Wildman–Crippen MR) is 67.1 cm³/mol. The highest BCUT2D eigenvalue weighted by molar-refractivity contribution is 5.27. The van der Waals surface area contributed by atoms with Crippen LogP contribution in [0.2, 0.25) is 0 Å². The van der Waals surface area contributed by atoms with Gasteiger partial charge in [-0.2, -0.15) is 0 Å². The smallest absolute Gasteiger partial charge is 0.123 e. The Balaban J connectivity index is 2.78. The highest BCUT2D eigenvalue weighted by Gasteiger charge is 2.15. The molecule has 2 unspecified atom stereocenters. The second-order valence-electron chi connectivity index (χ2n) is 4.52. The molecule has 16 heavy (non-hydrogen) atoms. The monoisotopic (exact) mass is 223 g/mol. The molecule has 1 N–H and O–H groups in total. The lowest BCUT2D eigenvalue weighted by molar-refractivity contribution is 0.381. The standard InChI is InChI=1S/C14H22FN/c1-5-12(11(3)16-4)9-13-6-7-14(15)8-10(13)2/h6-8,11-12,16H,5,9H2,1-4H3. The van der Waals surface area contributed by atoms with Gasteiger partial charge in [-0.3, -0.25) is 0 Å². The molecule has 1 nitrogen and oxygen atoms in total. The average molecular weight is 223 g/mol. The molecule has 0 heterocycles. The Bertz CT molecular complexity index is 336. The summed E-state index contributed by atoms with van der Waals surface area (Å²) in [7, 11) is 1.99. The quantitative estimate of drug-likeness (QED) is 0.807. The van der Waals surface area contributed by atoms with E-state index in [4.69, 9.17) is 0 Å². The van der Waals surface area contributed by atoms with Crippen LogP contribution < -0.4 is 5.32 Å². The average Bonchev–Trinajstić information content (AvgIpc) is 2.27. The van der Waals surface area contributed by atoms with E-state index in [1.807, 2.05) is 20.0 Å². The van der Waals surface area contributed by atoms with Gasteiger partial charge >= 0.3 is 0 Å². The van der Waals surface area contributed by atoms with E-state index in [0.29, 0.717) is 12.0 Å². The third-order valence-electron chi connectivity index (χ3n) is 3.47. The van der Waals surface area contributed by atoms with Crippen molar-refractivity contribution >= 4 is 0 Å². The summed E-state index contributed by atoms with van der Waals surface area (Å²) in [6.07, 6.45) is 2.16. The van der Waals surface area contributed by atoms with Gasteiger partial charge in [0.05, 0.1) is 0 Å². The van der Waals surface area contributed by atoms with E-state index in [9.17, 15) is 4.39 Å². The number of nitrogens with one attached hydrogen (secondary N) is 1. The van der Waals surface area contributed by atoms with Gasteiger partial charge in [-0.05, 0) is 56.5 Å². The van der Waals surface area contributed by atoms with Crippen molar-refractivity contribution in [1.82, 2.24) is 5.32 Å². The summed E-state index contributed by atoms with van der Waals surface area (Å²) in [6.45, 7) is 6.39. The molecule has 0 amide bonds. The zero-order chi connectivity index (χ0) is 12.1. The molecule has 0 fully saturated rings. The van der Waals surface area contributed by atoms with Crippen LogP contribution in [0.5, 0.6) is 0 Å². The van der Waals surface area contributed by atoms with Gasteiger partial charge in [-0.15, -0.1) is 0 Å². The number of benzene rings is 1. The lowest BCUT2D eigenvalue weighted by Crippen LogP contribution is -2.31. The molecule has 0 aliphatic carbocycles. The Hall–Kier alpha value is -0.890. The molecular formula is C14H22FN. The van der Waals surface area contributed by atoms with Crippen LogP contribution in [0.3, 0.4) is 0 Å². The molecule has 0 aliphatic rings. The summed E-state index contributed by atoms with van der Waals surface area (Å²) < 4.78 is 13.0. The van der Waals surface area contributed by atoms with E-state index in [1.54, 1.807) is 12.1 Å². The molecule has 1 aromatic carbocycles. The second kappa shape index (κ2) is 6.00. The van der Waals surface area contributed by atoms with Crippen LogP contribution in [0.1, 0.15) is 31.4 Å². The van der Waals surface area contributed by atoms with Crippen molar-refractivity contribution in [3.8, 4) is 0 Å². The molecule has 0 spiro atoms. The summed E-state index contributed by atoms with van der Waals surface area (Å²) in [6, 6.07) is 5.58. The van der Waals surface area contributed by atoms with Crippen LogP contribution in [-0.2, 0) is 6.42 Å². The Labute approximate surface area is 98.1 Å². The van der Waals surface area contributed by atoms with Crippen molar-refractivity contribution in [1.29, 1.82) is 0 Å². The molecule has 2 atom stereocenters. The third kappa shape index (κ3) is 3.31. The fraction of sp³-hybridized carbons (Fsp3) is 0.571. The fourth-order valence-corrected chi connectivity index (χ4v) is 2.08. The first-order chi connectivity index (χ1) is 7.58. The normalized spacial score (nSPS) is 14.8. The third-order valence-corrected chi connectivity index (χ3v) is 3.47. The fourth-order valence-electron chi connectivity index (χ4n) is 2.08. The van der Waals surface area contributed by atoms with Gasteiger partial charge in [0.2, 0.25) is 0 Å². The van der Waals surface area contributed by atoms with Crippen LogP contribution >= 0.6 is 0 Å². The number of hydrogen-bond donors (Lipinski definition) is 1. The zero-order valence-electron chi connectivity index (χ0n) is 10.7. The number of hydrogen-bond acceptors (Lipinski definition) is 1. The van der Waals surface area contributed by atoms with Crippen molar-refractivity contribution < 1.29 is 4.39 Å². The maximum absolute atomic E-state index is 13.0. The molecule has 1 rings (SSSR count). The van der Waals surface area contributed by atoms with E-state index >= 15 is 0 Å². The first-order valence-corrected chi connectivity index (χ1v) is 6.00. The van der Waals surface area contributed by atoms with Gasteiger partial charge in [0.25, 0.3) is 0 Å². The van der Waals surface area contributed by atoms with Crippen LogP contribution in [0.15, 0.2) is 18.2 Å². The largest absolute Gasteiger partial charge is 0.317 e. The molecule has 0 bridgehead atoms. The summed E-state index contributed by atoms with van der Waals surface area (Å²) in [5.74, 6) is 0.463. The number of rotatable bonds is 5. The molecule has 2 heteroatoms. The van der Waals surface area contributed by atoms with Gasteiger partial charge in [0.1, 0.15) is 5.82 Å². The SMILES string of the molecule is CCC(Cc1ccc(F)cc1C)C(C)NC. The second-order valence-corrected chi connectivity index (χ2v) is 4.52. The van der Waals surface area contributed by atoms with E-state index in [0.717, 1.165) is 18.4 Å². The highest BCUT2D eigenvalue weighted by atomic mass is 19.1. The van der Waals surface area contributed by atoms with Gasteiger partial charge in [-0.25, -0.2) is 4.39 Å². The molecule has 90 valence electrons. The molecule has 0 saturated heterocycles. The summed E-state index contributed by atoms with van der Waals surface area (Å²) in [4.78, 5) is 0. The Kier molecular flexibility index (Phi) is 4.94. The topological polar surface area (TPSA) is 12.0 Å². The molecule has 0 saturated carbocycles. The predicted octanol–water partition coefficient (Wildman–Crippen LogP) is 3.31. The zero-order valence-corrected chi connectivity index (χ0v) is 10.7. The van der Waals surface area contributed by atoms with Gasteiger partial charge in [0, 0.05) is 6.04 Å². The van der Waals surface area contributed by atoms with Crippen LogP contribution in [-0.4, -0.2) is 13.1 Å². The highest BCUT2D eigenvalue weighted by Crippen LogP contribution is 2.19. The molecule has 0 radical (unpaired) electrons. The molecule has 0 aromatic heterocycles. The first kappa shape index (κ1) is 13.2. The molecule has 1 aromatic rings. The summed E-state index contributed by atoms with van der Waals surface area (Å²) >= 11 is 0. The molecular weight excluding hydrogens is 201 g/mol. The maximum atomic E-state index is 13.0. The van der Waals surface area contributed by atoms with Gasteiger partial charge in [-0.1, -0.05) is 19.4 Å². The van der Waals surface area contributed by atoms with Crippen molar-refractivity contribution in [3.63, 3.8) is 0 Å². The minimum atomic E-state index is -0.143. The van der Waals surface area contributed by atoms with Crippen LogP contribution in [0.25, 0.3) is 0 Å². The summed E-state index contributed by atoms with van der Waals surface area (Å²) in [5.41, 5.74) is 2.32. The van der Waals surface area contributed by atoms with Crippen molar-refractivity contribution in [2.75, 3.05) is 7.05 Å². The van der Waals surface area contributed by atoms with E-state index < -0.39 is 0 Å². The maximum Gasteiger partial charge on any atom is 0.123 e. The van der Waals surface area contributed by atoms with E-state index in [1.165, 1.54) is 5.56 Å². The van der Waals surface area contributed by atoms with Crippen molar-refractivity contribution in [2.24, 2.45) is 5.92 Å². The lowest BCUT2D eigenvalue weighted by Gasteiger charge is -2.23. The van der Waals surface area contributed by atoms with E-state index in [2.05, 4.69) is 19.2 Å². The lowest BCUT2D eigenvalue weighted by atomic mass is 9.89. The Morgan fingerprint density at radius 2 is 2.06 bits per heavy atom. The number of aryl methyl sites for hydroxylation is 1. The van der Waals surface area contributed by atoms with Crippen molar-refractivity contribution in [3.05, 3.63) is 35.1 Å². The van der Waals surface area contributed by atoms with Crippen LogP contribution in [0.4, 0.5) is 4.39 Å². The molecule has 0 aliphatic heterocycles. The Morgan fingerprint density at radius 3 is 2.56 bits per heavy atom. The minimum Gasteiger partial charge on any atom is -0.317 e. The van der Waals surface area contributed by atoms with E-state index in [-0.39, 0.29) is 5.82 Å². The van der Waals surface area contributed by atoms with Crippen molar-refractivity contribution in [2.45, 2.75) is 39.7 Å². The minimum absolute atomic E-state index is 0.143.